The second-order valence-corrected chi connectivity index (χ2v) is 6.43. The molecule has 1 amide bonds. The molecule has 0 saturated heterocycles. The quantitative estimate of drug-likeness (QED) is 0.558. The van der Waals surface area contributed by atoms with Crippen LogP contribution in [-0.2, 0) is 0 Å². The SMILES string of the molecule is CCCC(Nc1nc(Nc2cncc(Cl)c2)c(C(N)=O)cc1F)C(C)N. The van der Waals surface area contributed by atoms with Crippen LogP contribution in [0.2, 0.25) is 5.02 Å². The highest BCUT2D eigenvalue weighted by molar-refractivity contribution is 6.30. The number of pyridine rings is 2. The number of rotatable bonds is 8. The normalized spacial score (nSPS) is 13.1. The molecule has 2 atom stereocenters. The first-order chi connectivity index (χ1) is 12.3. The molecule has 26 heavy (non-hydrogen) atoms. The van der Waals surface area contributed by atoms with Crippen molar-refractivity contribution in [2.24, 2.45) is 11.5 Å². The Kier molecular flexibility index (Phi) is 6.70. The molecule has 2 heterocycles. The van der Waals surface area contributed by atoms with Gasteiger partial charge in [0.05, 0.1) is 22.5 Å². The van der Waals surface area contributed by atoms with Crippen LogP contribution in [0.3, 0.4) is 0 Å². The van der Waals surface area contributed by atoms with E-state index in [1.165, 1.54) is 12.4 Å². The van der Waals surface area contributed by atoms with Gasteiger partial charge in [-0.2, -0.15) is 0 Å². The highest BCUT2D eigenvalue weighted by atomic mass is 35.5. The van der Waals surface area contributed by atoms with E-state index in [1.54, 1.807) is 6.07 Å². The van der Waals surface area contributed by atoms with Crippen molar-refractivity contribution in [1.29, 1.82) is 0 Å². The Balaban J connectivity index is 2.40. The van der Waals surface area contributed by atoms with Gasteiger partial charge in [0, 0.05) is 18.3 Å². The van der Waals surface area contributed by atoms with E-state index in [2.05, 4.69) is 20.6 Å². The predicted octanol–water partition coefficient (Wildman–Crippen LogP) is 3.04. The van der Waals surface area contributed by atoms with E-state index >= 15 is 0 Å². The van der Waals surface area contributed by atoms with Crippen molar-refractivity contribution in [3.63, 3.8) is 0 Å². The van der Waals surface area contributed by atoms with Crippen LogP contribution in [0.25, 0.3) is 0 Å². The lowest BCUT2D eigenvalue weighted by Crippen LogP contribution is -2.38. The number of nitrogens with one attached hydrogen (secondary N) is 2. The van der Waals surface area contributed by atoms with Crippen molar-refractivity contribution in [1.82, 2.24) is 9.97 Å². The van der Waals surface area contributed by atoms with E-state index in [1.807, 2.05) is 13.8 Å². The zero-order chi connectivity index (χ0) is 19.3. The molecule has 0 saturated carbocycles. The smallest absolute Gasteiger partial charge is 0.252 e. The first-order valence-corrected chi connectivity index (χ1v) is 8.59. The van der Waals surface area contributed by atoms with E-state index in [0.29, 0.717) is 10.7 Å². The maximum Gasteiger partial charge on any atom is 0.252 e. The molecule has 6 N–H and O–H groups in total. The lowest BCUT2D eigenvalue weighted by atomic mass is 10.1. The number of anilines is 3. The first kappa shape index (κ1) is 19.9. The zero-order valence-electron chi connectivity index (χ0n) is 14.6. The summed E-state index contributed by atoms with van der Waals surface area (Å²) in [7, 11) is 0. The van der Waals surface area contributed by atoms with E-state index in [-0.39, 0.29) is 29.3 Å². The molecular weight excluding hydrogens is 359 g/mol. The highest BCUT2D eigenvalue weighted by Gasteiger charge is 2.20. The van der Waals surface area contributed by atoms with Crippen molar-refractivity contribution in [2.45, 2.75) is 38.8 Å². The fourth-order valence-electron chi connectivity index (χ4n) is 2.44. The van der Waals surface area contributed by atoms with Gasteiger partial charge in [-0.1, -0.05) is 24.9 Å². The summed E-state index contributed by atoms with van der Waals surface area (Å²) in [5, 5.41) is 6.31. The first-order valence-electron chi connectivity index (χ1n) is 8.21. The summed E-state index contributed by atoms with van der Waals surface area (Å²) >= 11 is 5.91. The third-order valence-corrected chi connectivity index (χ3v) is 3.97. The number of nitrogens with two attached hydrogens (primary N) is 2. The van der Waals surface area contributed by atoms with Crippen molar-refractivity contribution in [3.05, 3.63) is 40.9 Å². The maximum absolute atomic E-state index is 14.4. The van der Waals surface area contributed by atoms with Gasteiger partial charge in [0.25, 0.3) is 5.91 Å². The number of amides is 1. The van der Waals surface area contributed by atoms with Crippen LogP contribution in [0, 0.1) is 5.82 Å². The van der Waals surface area contributed by atoms with Crippen LogP contribution in [0.15, 0.2) is 24.5 Å². The minimum absolute atomic E-state index is 0.0109. The molecule has 2 unspecified atom stereocenters. The molecule has 0 bridgehead atoms. The molecule has 2 aromatic rings. The molecule has 0 aliphatic carbocycles. The standard InChI is InChI=1S/C17H22ClFN6O/c1-3-4-14(9(2)20)24-17-13(19)6-12(15(21)26)16(25-17)23-11-5-10(18)7-22-8-11/h5-9,14H,3-4,20H2,1-2H3,(H2,21,26)(H2,23,24,25). The minimum Gasteiger partial charge on any atom is -0.365 e. The van der Waals surface area contributed by atoms with Crippen molar-refractivity contribution in [3.8, 4) is 0 Å². The van der Waals surface area contributed by atoms with Gasteiger partial charge in [-0.15, -0.1) is 0 Å². The van der Waals surface area contributed by atoms with E-state index < -0.39 is 11.7 Å². The highest BCUT2D eigenvalue weighted by Crippen LogP contribution is 2.25. The largest absolute Gasteiger partial charge is 0.365 e. The van der Waals surface area contributed by atoms with E-state index in [4.69, 9.17) is 23.1 Å². The monoisotopic (exact) mass is 380 g/mol. The lowest BCUT2D eigenvalue weighted by molar-refractivity contribution is 0.100. The molecule has 2 rings (SSSR count). The molecule has 140 valence electrons. The minimum atomic E-state index is -0.808. The number of hydrogen-bond acceptors (Lipinski definition) is 6. The molecule has 2 aromatic heterocycles. The van der Waals surface area contributed by atoms with Crippen LogP contribution in [0.1, 0.15) is 37.0 Å². The summed E-state index contributed by atoms with van der Waals surface area (Å²) in [5.74, 6) is -1.40. The maximum atomic E-state index is 14.4. The lowest BCUT2D eigenvalue weighted by Gasteiger charge is -2.23. The Morgan fingerprint density at radius 1 is 1.35 bits per heavy atom. The third-order valence-electron chi connectivity index (χ3n) is 3.77. The van der Waals surface area contributed by atoms with Gasteiger partial charge < -0.3 is 22.1 Å². The summed E-state index contributed by atoms with van der Waals surface area (Å²) in [6.45, 7) is 3.84. The second-order valence-electron chi connectivity index (χ2n) is 5.99. The average Bonchev–Trinajstić information content (AvgIpc) is 2.56. The molecule has 0 fully saturated rings. The Morgan fingerprint density at radius 2 is 2.08 bits per heavy atom. The van der Waals surface area contributed by atoms with Crippen molar-refractivity contribution >= 4 is 34.8 Å². The van der Waals surface area contributed by atoms with Gasteiger partial charge in [0.2, 0.25) is 0 Å². The molecule has 0 spiro atoms. The number of nitrogens with zero attached hydrogens (tertiary/aromatic N) is 2. The average molecular weight is 381 g/mol. The number of aromatic nitrogens is 2. The molecule has 0 aromatic carbocycles. The van der Waals surface area contributed by atoms with Crippen molar-refractivity contribution in [2.75, 3.05) is 10.6 Å². The topological polar surface area (TPSA) is 119 Å². The van der Waals surface area contributed by atoms with Crippen LogP contribution in [-0.4, -0.2) is 28.0 Å². The Morgan fingerprint density at radius 3 is 2.65 bits per heavy atom. The molecule has 0 radical (unpaired) electrons. The predicted molar refractivity (Wildman–Crippen MR) is 101 cm³/mol. The van der Waals surface area contributed by atoms with Gasteiger partial charge in [-0.25, -0.2) is 9.37 Å². The number of halogens is 2. The summed E-state index contributed by atoms with van der Waals surface area (Å²) in [6.07, 6.45) is 4.58. The Bertz CT molecular complexity index is 786. The number of carbonyl (C=O) groups is 1. The van der Waals surface area contributed by atoms with Gasteiger partial charge in [0.15, 0.2) is 11.6 Å². The van der Waals surface area contributed by atoms with E-state index in [9.17, 15) is 9.18 Å². The second kappa shape index (κ2) is 8.77. The van der Waals surface area contributed by atoms with Gasteiger partial charge in [-0.05, 0) is 25.5 Å². The van der Waals surface area contributed by atoms with Crippen LogP contribution in [0.5, 0.6) is 0 Å². The summed E-state index contributed by atoms with van der Waals surface area (Å²) in [6, 6.07) is 2.27. The molecule has 7 nitrogen and oxygen atoms in total. The van der Waals surface area contributed by atoms with Crippen molar-refractivity contribution < 1.29 is 9.18 Å². The fraction of sp³-hybridized carbons (Fsp3) is 0.353. The summed E-state index contributed by atoms with van der Waals surface area (Å²) in [5.41, 5.74) is 11.7. The van der Waals surface area contributed by atoms with E-state index in [0.717, 1.165) is 18.9 Å². The summed E-state index contributed by atoms with van der Waals surface area (Å²) < 4.78 is 14.4. The molecular formula is C17H22ClFN6O. The van der Waals surface area contributed by atoms with Crippen LogP contribution >= 0.6 is 11.6 Å². The van der Waals surface area contributed by atoms with Crippen LogP contribution in [0.4, 0.5) is 21.7 Å². The zero-order valence-corrected chi connectivity index (χ0v) is 15.3. The molecule has 0 aliphatic heterocycles. The Labute approximate surface area is 156 Å². The van der Waals surface area contributed by atoms with Gasteiger partial charge >= 0.3 is 0 Å². The van der Waals surface area contributed by atoms with Gasteiger partial charge in [-0.3, -0.25) is 9.78 Å². The Hall–Kier alpha value is -2.45. The molecule has 9 heteroatoms. The number of hydrogen-bond donors (Lipinski definition) is 4. The summed E-state index contributed by atoms with van der Waals surface area (Å²) in [4.78, 5) is 19.8. The van der Waals surface area contributed by atoms with Crippen LogP contribution < -0.4 is 22.1 Å². The number of primary amides is 1. The molecule has 0 aliphatic rings. The number of carbonyl (C=O) groups excluding carboxylic acids is 1. The third kappa shape index (κ3) is 5.03. The fourth-order valence-corrected chi connectivity index (χ4v) is 2.62. The van der Waals surface area contributed by atoms with Gasteiger partial charge in [0.1, 0.15) is 5.82 Å².